The van der Waals surface area contributed by atoms with Crippen molar-refractivity contribution in [2.75, 3.05) is 0 Å². The number of carbonyl (C=O) groups is 1. The van der Waals surface area contributed by atoms with Gasteiger partial charge in [-0.05, 0) is 24.1 Å². The smallest absolute Gasteiger partial charge is 0.220 e. The molecule has 0 fully saturated rings. The van der Waals surface area contributed by atoms with Crippen molar-refractivity contribution < 1.29 is 4.79 Å². The molecular formula is C16H20ClN3O. The van der Waals surface area contributed by atoms with Gasteiger partial charge in [-0.25, -0.2) is 4.98 Å². The molecule has 2 rings (SSSR count). The molecular weight excluding hydrogens is 286 g/mol. The van der Waals surface area contributed by atoms with Crippen LogP contribution in [0.5, 0.6) is 0 Å². The number of hydrogen-bond donors (Lipinski definition) is 1. The van der Waals surface area contributed by atoms with Crippen LogP contribution >= 0.6 is 11.6 Å². The molecule has 1 unspecified atom stereocenters. The lowest BCUT2D eigenvalue weighted by atomic mass is 10.1. The number of benzene rings is 1. The molecule has 0 saturated heterocycles. The van der Waals surface area contributed by atoms with Crippen LogP contribution < -0.4 is 5.32 Å². The van der Waals surface area contributed by atoms with Crippen LogP contribution in [0.25, 0.3) is 0 Å². The second-order valence-corrected chi connectivity index (χ2v) is 5.49. The quantitative estimate of drug-likeness (QED) is 0.888. The van der Waals surface area contributed by atoms with E-state index in [1.54, 1.807) is 6.20 Å². The summed E-state index contributed by atoms with van der Waals surface area (Å²) in [5.74, 6) is 0.849. The highest BCUT2D eigenvalue weighted by atomic mass is 35.5. The highest BCUT2D eigenvalue weighted by Crippen LogP contribution is 2.22. The van der Waals surface area contributed by atoms with Gasteiger partial charge in [0.1, 0.15) is 11.9 Å². The van der Waals surface area contributed by atoms with Gasteiger partial charge in [-0.1, -0.05) is 37.1 Å². The number of nitrogens with zero attached hydrogens (tertiary/aromatic N) is 2. The number of nitrogens with one attached hydrogen (secondary N) is 1. The van der Waals surface area contributed by atoms with Gasteiger partial charge in [-0.2, -0.15) is 0 Å². The van der Waals surface area contributed by atoms with Crippen molar-refractivity contribution in [1.29, 1.82) is 0 Å². The van der Waals surface area contributed by atoms with Gasteiger partial charge in [0.15, 0.2) is 0 Å². The molecule has 4 nitrogen and oxygen atoms in total. The number of aromatic nitrogens is 2. The van der Waals surface area contributed by atoms with Gasteiger partial charge < -0.3 is 9.88 Å². The first kappa shape index (κ1) is 15.6. The van der Waals surface area contributed by atoms with Crippen LogP contribution in [-0.2, 0) is 11.8 Å². The first-order valence-electron chi connectivity index (χ1n) is 7.14. The molecule has 21 heavy (non-hydrogen) atoms. The molecule has 1 N–H and O–H groups in total. The predicted octanol–water partition coefficient (Wildman–Crippen LogP) is 3.47. The van der Waals surface area contributed by atoms with E-state index in [1.165, 1.54) is 0 Å². The zero-order valence-corrected chi connectivity index (χ0v) is 13.1. The minimum atomic E-state index is -0.258. The van der Waals surface area contributed by atoms with Crippen LogP contribution in [0.15, 0.2) is 36.7 Å². The number of amides is 1. The van der Waals surface area contributed by atoms with Gasteiger partial charge in [0.2, 0.25) is 5.91 Å². The molecule has 112 valence electrons. The molecule has 5 heteroatoms. The summed E-state index contributed by atoms with van der Waals surface area (Å²) in [6.45, 7) is 2.07. The molecule has 1 amide bonds. The first-order chi connectivity index (χ1) is 10.1. The summed E-state index contributed by atoms with van der Waals surface area (Å²) in [5, 5.41) is 3.74. The van der Waals surface area contributed by atoms with Crippen molar-refractivity contribution in [3.05, 3.63) is 53.1 Å². The zero-order chi connectivity index (χ0) is 15.2. The van der Waals surface area contributed by atoms with Gasteiger partial charge >= 0.3 is 0 Å². The summed E-state index contributed by atoms with van der Waals surface area (Å²) in [6, 6.07) is 7.23. The molecule has 0 spiro atoms. The molecule has 0 bridgehead atoms. The highest BCUT2D eigenvalue weighted by molar-refractivity contribution is 6.30. The Morgan fingerprint density at radius 3 is 2.67 bits per heavy atom. The number of rotatable bonds is 6. The maximum atomic E-state index is 12.1. The summed E-state index contributed by atoms with van der Waals surface area (Å²) in [7, 11) is 1.92. The van der Waals surface area contributed by atoms with E-state index >= 15 is 0 Å². The molecule has 0 radical (unpaired) electrons. The van der Waals surface area contributed by atoms with E-state index in [2.05, 4.69) is 17.2 Å². The SMILES string of the molecule is CCCCC(=O)NC(c1ccc(Cl)cc1)c1nccn1C. The van der Waals surface area contributed by atoms with Crippen molar-refractivity contribution in [1.82, 2.24) is 14.9 Å². The third-order valence-corrected chi connectivity index (χ3v) is 3.63. The Kier molecular flexibility index (Phi) is 5.39. The monoisotopic (exact) mass is 305 g/mol. The second kappa shape index (κ2) is 7.27. The van der Waals surface area contributed by atoms with Crippen LogP contribution in [-0.4, -0.2) is 15.5 Å². The Labute approximate surface area is 130 Å². The summed E-state index contributed by atoms with van der Waals surface area (Å²) in [6.07, 6.45) is 6.03. The van der Waals surface area contributed by atoms with E-state index in [-0.39, 0.29) is 11.9 Å². The largest absolute Gasteiger partial charge is 0.342 e. The topological polar surface area (TPSA) is 46.9 Å². The van der Waals surface area contributed by atoms with Crippen LogP contribution in [0.1, 0.15) is 43.6 Å². The lowest BCUT2D eigenvalue weighted by molar-refractivity contribution is -0.121. The number of imidazole rings is 1. The molecule has 1 atom stereocenters. The molecule has 2 aromatic rings. The fourth-order valence-corrected chi connectivity index (χ4v) is 2.30. The lowest BCUT2D eigenvalue weighted by Crippen LogP contribution is -2.30. The number of carbonyl (C=O) groups excluding carboxylic acids is 1. The van der Waals surface area contributed by atoms with E-state index in [4.69, 9.17) is 11.6 Å². The number of aryl methyl sites for hydroxylation is 1. The third kappa shape index (κ3) is 4.08. The van der Waals surface area contributed by atoms with Crippen molar-refractivity contribution in [2.24, 2.45) is 7.05 Å². The van der Waals surface area contributed by atoms with E-state index in [1.807, 2.05) is 42.1 Å². The van der Waals surface area contributed by atoms with E-state index in [0.717, 1.165) is 24.2 Å². The van der Waals surface area contributed by atoms with Crippen LogP contribution in [0.4, 0.5) is 0 Å². The van der Waals surface area contributed by atoms with E-state index in [9.17, 15) is 4.79 Å². The summed E-state index contributed by atoms with van der Waals surface area (Å²) in [4.78, 5) is 16.4. The Hall–Kier alpha value is -1.81. The fraction of sp³-hybridized carbons (Fsp3) is 0.375. The summed E-state index contributed by atoms with van der Waals surface area (Å²) < 4.78 is 1.92. The average molecular weight is 306 g/mol. The van der Waals surface area contributed by atoms with Gasteiger partial charge in [-0.15, -0.1) is 0 Å². The van der Waals surface area contributed by atoms with E-state index < -0.39 is 0 Å². The molecule has 0 aliphatic heterocycles. The second-order valence-electron chi connectivity index (χ2n) is 5.05. The molecule has 0 aliphatic rings. The molecule has 1 heterocycles. The Balaban J connectivity index is 2.25. The van der Waals surface area contributed by atoms with Gasteiger partial charge in [0.05, 0.1) is 0 Å². The molecule has 1 aromatic heterocycles. The Morgan fingerprint density at radius 1 is 1.38 bits per heavy atom. The number of halogens is 1. The van der Waals surface area contributed by atoms with Crippen molar-refractivity contribution in [2.45, 2.75) is 32.2 Å². The van der Waals surface area contributed by atoms with Gasteiger partial charge in [-0.3, -0.25) is 4.79 Å². The molecule has 0 aliphatic carbocycles. The Morgan fingerprint density at radius 2 is 2.10 bits per heavy atom. The highest BCUT2D eigenvalue weighted by Gasteiger charge is 2.20. The van der Waals surface area contributed by atoms with Crippen LogP contribution in [0.3, 0.4) is 0 Å². The van der Waals surface area contributed by atoms with Crippen molar-refractivity contribution >= 4 is 17.5 Å². The number of unbranched alkanes of at least 4 members (excludes halogenated alkanes) is 1. The molecule has 1 aromatic carbocycles. The Bertz CT molecular complexity index is 592. The zero-order valence-electron chi connectivity index (χ0n) is 12.3. The third-order valence-electron chi connectivity index (χ3n) is 3.38. The van der Waals surface area contributed by atoms with Crippen molar-refractivity contribution in [3.8, 4) is 0 Å². The fourth-order valence-electron chi connectivity index (χ4n) is 2.18. The number of hydrogen-bond acceptors (Lipinski definition) is 2. The standard InChI is InChI=1S/C16H20ClN3O/c1-3-4-5-14(21)19-15(16-18-10-11-20(16)2)12-6-8-13(17)9-7-12/h6-11,15H,3-5H2,1-2H3,(H,19,21). The maximum Gasteiger partial charge on any atom is 0.220 e. The van der Waals surface area contributed by atoms with Crippen LogP contribution in [0.2, 0.25) is 5.02 Å². The predicted molar refractivity (Wildman–Crippen MR) is 84.2 cm³/mol. The minimum absolute atomic E-state index is 0.0415. The van der Waals surface area contributed by atoms with E-state index in [0.29, 0.717) is 11.4 Å². The van der Waals surface area contributed by atoms with Crippen molar-refractivity contribution in [3.63, 3.8) is 0 Å². The summed E-state index contributed by atoms with van der Waals surface area (Å²) in [5.41, 5.74) is 0.971. The minimum Gasteiger partial charge on any atom is -0.342 e. The molecule has 0 saturated carbocycles. The maximum absolute atomic E-state index is 12.1. The van der Waals surface area contributed by atoms with Gasteiger partial charge in [0, 0.05) is 30.9 Å². The van der Waals surface area contributed by atoms with Crippen LogP contribution in [0, 0.1) is 0 Å². The normalized spacial score (nSPS) is 12.1. The lowest BCUT2D eigenvalue weighted by Gasteiger charge is -2.19. The average Bonchev–Trinajstić information content (AvgIpc) is 2.89. The van der Waals surface area contributed by atoms with Gasteiger partial charge in [0.25, 0.3) is 0 Å². The summed E-state index contributed by atoms with van der Waals surface area (Å²) >= 11 is 5.94. The first-order valence-corrected chi connectivity index (χ1v) is 7.51.